The molecule has 2 aromatic rings. The van der Waals surface area contributed by atoms with E-state index in [9.17, 15) is 4.79 Å². The maximum absolute atomic E-state index is 12.7. The second-order valence-electron chi connectivity index (χ2n) is 8.17. The second kappa shape index (κ2) is 9.27. The lowest BCUT2D eigenvalue weighted by Crippen LogP contribution is -2.33. The van der Waals surface area contributed by atoms with Crippen molar-refractivity contribution >= 4 is 6.16 Å². The molecule has 2 aliphatic rings. The average Bonchev–Trinajstić information content (AvgIpc) is 2.76. The van der Waals surface area contributed by atoms with Crippen molar-refractivity contribution in [3.8, 4) is 0 Å². The van der Waals surface area contributed by atoms with Gasteiger partial charge < -0.3 is 9.47 Å². The molecule has 0 radical (unpaired) electrons. The highest BCUT2D eigenvalue weighted by Crippen LogP contribution is 2.37. The molecular weight excluding hydrogens is 348 g/mol. The normalized spacial score (nSPS) is 27.7. The van der Waals surface area contributed by atoms with Gasteiger partial charge in [0.25, 0.3) is 0 Å². The van der Waals surface area contributed by atoms with E-state index < -0.39 is 6.16 Å². The Morgan fingerprint density at radius 3 is 1.43 bits per heavy atom. The van der Waals surface area contributed by atoms with E-state index in [2.05, 4.69) is 48.5 Å². The Morgan fingerprint density at radius 2 is 1.00 bits per heavy atom. The predicted octanol–water partition coefficient (Wildman–Crippen LogP) is 6.59. The Balaban J connectivity index is 1.41. The summed E-state index contributed by atoms with van der Waals surface area (Å²) in [5.41, 5.74) is 2.53. The van der Waals surface area contributed by atoms with Gasteiger partial charge in [0.15, 0.2) is 0 Å². The van der Waals surface area contributed by atoms with Gasteiger partial charge in [0.1, 0.15) is 12.2 Å². The first-order chi connectivity index (χ1) is 13.8. The molecule has 0 aliphatic heterocycles. The molecule has 0 bridgehead atoms. The minimum absolute atomic E-state index is 0.0811. The number of benzene rings is 2. The van der Waals surface area contributed by atoms with Gasteiger partial charge in [-0.2, -0.15) is 0 Å². The molecule has 2 aromatic carbocycles. The number of ether oxygens (including phenoxy) is 2. The fourth-order valence-corrected chi connectivity index (χ4v) is 4.91. The van der Waals surface area contributed by atoms with Gasteiger partial charge in [0.05, 0.1) is 0 Å². The van der Waals surface area contributed by atoms with E-state index in [1.165, 1.54) is 24.0 Å². The lowest BCUT2D eigenvalue weighted by atomic mass is 9.81. The molecule has 4 atom stereocenters. The zero-order chi connectivity index (χ0) is 19.2. The number of rotatable bonds is 4. The zero-order valence-electron chi connectivity index (χ0n) is 16.5. The number of hydrogen-bond donors (Lipinski definition) is 0. The molecule has 2 fully saturated rings. The highest BCUT2D eigenvalue weighted by molar-refractivity contribution is 5.60. The molecular formula is C25H30O3. The third kappa shape index (κ3) is 4.57. The molecule has 0 amide bonds. The lowest BCUT2D eigenvalue weighted by molar-refractivity contribution is -0.0305. The molecule has 0 heterocycles. The topological polar surface area (TPSA) is 35.5 Å². The van der Waals surface area contributed by atoms with Crippen molar-refractivity contribution in [1.29, 1.82) is 0 Å². The summed E-state index contributed by atoms with van der Waals surface area (Å²) in [7, 11) is 0. The predicted molar refractivity (Wildman–Crippen MR) is 110 cm³/mol. The number of hydrogen-bond acceptors (Lipinski definition) is 3. The van der Waals surface area contributed by atoms with Crippen LogP contribution in [0.5, 0.6) is 0 Å². The Morgan fingerprint density at radius 1 is 0.607 bits per heavy atom. The molecule has 3 nitrogen and oxygen atoms in total. The summed E-state index contributed by atoms with van der Waals surface area (Å²) in [6, 6.07) is 20.9. The molecule has 2 saturated carbocycles. The van der Waals surface area contributed by atoms with Crippen LogP contribution in [-0.2, 0) is 9.47 Å². The van der Waals surface area contributed by atoms with Gasteiger partial charge in [0.2, 0.25) is 0 Å². The Labute approximate surface area is 168 Å². The maximum atomic E-state index is 12.7. The number of carbonyl (C=O) groups excluding carboxylic acids is 1. The van der Waals surface area contributed by atoms with Gasteiger partial charge in [-0.25, -0.2) is 4.79 Å². The highest BCUT2D eigenvalue weighted by atomic mass is 16.7. The molecule has 0 aromatic heterocycles. The standard InChI is InChI=1S/C25H30O3/c26-25(27-23-17-9-7-15-21(23)19-11-3-1-4-12-19)28-24-18-10-8-16-22(24)20-13-5-2-6-14-20/h1-6,11-14,21-24H,7-10,15-18H2/t21-,22-,23+,24+/m1/s1. The second-order valence-corrected chi connectivity index (χ2v) is 8.17. The largest absolute Gasteiger partial charge is 0.508 e. The summed E-state index contributed by atoms with van der Waals surface area (Å²) >= 11 is 0. The number of carbonyl (C=O) groups is 1. The van der Waals surface area contributed by atoms with E-state index in [-0.39, 0.29) is 24.0 Å². The van der Waals surface area contributed by atoms with Crippen LogP contribution < -0.4 is 0 Å². The van der Waals surface area contributed by atoms with E-state index in [0.29, 0.717) is 0 Å². The first-order valence-electron chi connectivity index (χ1n) is 10.8. The van der Waals surface area contributed by atoms with Crippen LogP contribution >= 0.6 is 0 Å². The highest BCUT2D eigenvalue weighted by Gasteiger charge is 2.33. The summed E-state index contributed by atoms with van der Waals surface area (Å²) in [5.74, 6) is 0.553. The van der Waals surface area contributed by atoms with E-state index >= 15 is 0 Å². The summed E-state index contributed by atoms with van der Waals surface area (Å²) < 4.78 is 11.8. The van der Waals surface area contributed by atoms with Crippen molar-refractivity contribution in [2.24, 2.45) is 0 Å². The summed E-state index contributed by atoms with van der Waals surface area (Å²) in [4.78, 5) is 12.7. The van der Waals surface area contributed by atoms with Crippen LogP contribution in [-0.4, -0.2) is 18.4 Å². The van der Waals surface area contributed by atoms with Gasteiger partial charge >= 0.3 is 6.16 Å². The molecule has 3 heteroatoms. The van der Waals surface area contributed by atoms with Crippen molar-refractivity contribution < 1.29 is 14.3 Å². The van der Waals surface area contributed by atoms with E-state index in [4.69, 9.17) is 9.47 Å². The fourth-order valence-electron chi connectivity index (χ4n) is 4.91. The fraction of sp³-hybridized carbons (Fsp3) is 0.480. The molecule has 0 saturated heterocycles. The summed E-state index contributed by atoms with van der Waals surface area (Å²) in [6.07, 6.45) is 7.92. The van der Waals surface area contributed by atoms with Crippen molar-refractivity contribution in [3.63, 3.8) is 0 Å². The third-order valence-corrected chi connectivity index (χ3v) is 6.36. The molecule has 0 spiro atoms. The van der Waals surface area contributed by atoms with Crippen LogP contribution in [0, 0.1) is 0 Å². The van der Waals surface area contributed by atoms with Crippen molar-refractivity contribution in [1.82, 2.24) is 0 Å². The Bertz CT molecular complexity index is 679. The minimum atomic E-state index is -0.485. The van der Waals surface area contributed by atoms with Gasteiger partial charge in [-0.1, -0.05) is 73.5 Å². The Hall–Kier alpha value is -2.29. The molecule has 0 unspecified atom stereocenters. The monoisotopic (exact) mass is 378 g/mol. The zero-order valence-corrected chi connectivity index (χ0v) is 16.5. The van der Waals surface area contributed by atoms with E-state index in [1.807, 2.05) is 12.1 Å². The average molecular weight is 379 g/mol. The van der Waals surface area contributed by atoms with Crippen LogP contribution in [0.3, 0.4) is 0 Å². The van der Waals surface area contributed by atoms with Crippen LogP contribution in [0.25, 0.3) is 0 Å². The summed E-state index contributed by atoms with van der Waals surface area (Å²) in [5, 5.41) is 0. The quantitative estimate of drug-likeness (QED) is 0.563. The van der Waals surface area contributed by atoms with E-state index in [0.717, 1.165) is 38.5 Å². The molecule has 0 N–H and O–H groups in total. The smallest absolute Gasteiger partial charge is 0.430 e. The first kappa shape index (κ1) is 19.0. The molecule has 148 valence electrons. The minimum Gasteiger partial charge on any atom is -0.430 e. The van der Waals surface area contributed by atoms with Crippen molar-refractivity contribution in [2.75, 3.05) is 0 Å². The van der Waals surface area contributed by atoms with Crippen LogP contribution in [0.15, 0.2) is 60.7 Å². The van der Waals surface area contributed by atoms with Gasteiger partial charge in [0, 0.05) is 11.8 Å². The van der Waals surface area contributed by atoms with Crippen LogP contribution in [0.1, 0.15) is 74.3 Å². The van der Waals surface area contributed by atoms with Crippen molar-refractivity contribution in [3.05, 3.63) is 71.8 Å². The van der Waals surface area contributed by atoms with Crippen LogP contribution in [0.2, 0.25) is 0 Å². The molecule has 2 aliphatic carbocycles. The van der Waals surface area contributed by atoms with Gasteiger partial charge in [-0.3, -0.25) is 0 Å². The van der Waals surface area contributed by atoms with Gasteiger partial charge in [-0.05, 0) is 49.7 Å². The molecule has 4 rings (SSSR count). The SMILES string of the molecule is O=C(O[C@H]1CCCC[C@@H]1c1ccccc1)O[C@H]1CCCC[C@@H]1c1ccccc1. The van der Waals surface area contributed by atoms with Crippen LogP contribution in [0.4, 0.5) is 4.79 Å². The first-order valence-corrected chi connectivity index (χ1v) is 10.8. The molecule has 28 heavy (non-hydrogen) atoms. The van der Waals surface area contributed by atoms with E-state index in [1.54, 1.807) is 0 Å². The lowest BCUT2D eigenvalue weighted by Gasteiger charge is -2.34. The Kier molecular flexibility index (Phi) is 6.31. The third-order valence-electron chi connectivity index (χ3n) is 6.36. The van der Waals surface area contributed by atoms with Crippen molar-refractivity contribution in [2.45, 2.75) is 75.4 Å². The van der Waals surface area contributed by atoms with Gasteiger partial charge in [-0.15, -0.1) is 0 Å². The maximum Gasteiger partial charge on any atom is 0.508 e. The summed E-state index contributed by atoms with van der Waals surface area (Å²) in [6.45, 7) is 0.